The number of aryl methyl sites for hydroxylation is 1. The number of halogens is 2. The zero-order valence-electron chi connectivity index (χ0n) is 9.89. The molecule has 1 aromatic rings. The SMILES string of the molecule is C#CCNCC(C)Oc1c(C)cc(Br)cc1Cl. The summed E-state index contributed by atoms with van der Waals surface area (Å²) in [5.74, 6) is 3.24. The summed E-state index contributed by atoms with van der Waals surface area (Å²) in [6.07, 6.45) is 5.17. The Morgan fingerprint density at radius 3 is 2.88 bits per heavy atom. The first-order valence-corrected chi connectivity index (χ1v) is 6.48. The molecule has 0 spiro atoms. The summed E-state index contributed by atoms with van der Waals surface area (Å²) in [7, 11) is 0. The quantitative estimate of drug-likeness (QED) is 0.664. The molecule has 17 heavy (non-hydrogen) atoms. The van der Waals surface area contributed by atoms with Crippen LogP contribution in [0.5, 0.6) is 5.75 Å². The van der Waals surface area contributed by atoms with Crippen molar-refractivity contribution in [3.8, 4) is 18.1 Å². The van der Waals surface area contributed by atoms with Crippen molar-refractivity contribution in [3.63, 3.8) is 0 Å². The lowest BCUT2D eigenvalue weighted by Gasteiger charge is -2.17. The molecule has 1 rings (SSSR count). The van der Waals surface area contributed by atoms with Crippen LogP contribution in [-0.2, 0) is 0 Å². The highest BCUT2D eigenvalue weighted by Crippen LogP contribution is 2.32. The molecule has 0 bridgehead atoms. The number of terminal acetylenes is 1. The van der Waals surface area contributed by atoms with Gasteiger partial charge in [-0.2, -0.15) is 0 Å². The zero-order valence-corrected chi connectivity index (χ0v) is 12.2. The van der Waals surface area contributed by atoms with Gasteiger partial charge in [0.05, 0.1) is 11.6 Å². The van der Waals surface area contributed by atoms with E-state index in [4.69, 9.17) is 22.8 Å². The average Bonchev–Trinajstić information content (AvgIpc) is 2.24. The minimum atomic E-state index is 0.0146. The van der Waals surface area contributed by atoms with Gasteiger partial charge in [-0.15, -0.1) is 6.42 Å². The lowest BCUT2D eigenvalue weighted by molar-refractivity contribution is 0.218. The third-order valence-electron chi connectivity index (χ3n) is 2.17. The molecule has 0 aromatic heterocycles. The number of benzene rings is 1. The summed E-state index contributed by atoms with van der Waals surface area (Å²) < 4.78 is 6.74. The van der Waals surface area contributed by atoms with Crippen molar-refractivity contribution in [1.82, 2.24) is 5.32 Å². The second-order valence-electron chi connectivity index (χ2n) is 3.80. The fourth-order valence-corrected chi connectivity index (χ4v) is 2.44. The van der Waals surface area contributed by atoms with Gasteiger partial charge in [0.2, 0.25) is 0 Å². The molecule has 0 aliphatic carbocycles. The fourth-order valence-electron chi connectivity index (χ4n) is 1.43. The van der Waals surface area contributed by atoms with E-state index in [0.717, 1.165) is 15.8 Å². The molecule has 0 saturated heterocycles. The van der Waals surface area contributed by atoms with E-state index in [1.807, 2.05) is 26.0 Å². The number of nitrogens with one attached hydrogen (secondary N) is 1. The van der Waals surface area contributed by atoms with E-state index in [0.29, 0.717) is 18.1 Å². The molecular formula is C13H15BrClNO. The van der Waals surface area contributed by atoms with Crippen molar-refractivity contribution in [2.75, 3.05) is 13.1 Å². The van der Waals surface area contributed by atoms with Gasteiger partial charge in [0.25, 0.3) is 0 Å². The Morgan fingerprint density at radius 2 is 2.29 bits per heavy atom. The van der Waals surface area contributed by atoms with Crippen LogP contribution in [0.1, 0.15) is 12.5 Å². The number of ether oxygens (including phenoxy) is 1. The molecule has 0 aliphatic rings. The largest absolute Gasteiger partial charge is 0.488 e. The molecule has 0 radical (unpaired) electrons. The van der Waals surface area contributed by atoms with E-state index in [1.165, 1.54) is 0 Å². The van der Waals surface area contributed by atoms with Crippen LogP contribution in [0.15, 0.2) is 16.6 Å². The Kier molecular flexibility index (Phi) is 5.84. The van der Waals surface area contributed by atoms with Crippen LogP contribution in [0, 0.1) is 19.3 Å². The first kappa shape index (κ1) is 14.4. The molecule has 1 atom stereocenters. The van der Waals surface area contributed by atoms with Crippen LogP contribution in [0.3, 0.4) is 0 Å². The fraction of sp³-hybridized carbons (Fsp3) is 0.385. The molecule has 0 fully saturated rings. The van der Waals surface area contributed by atoms with Crippen LogP contribution < -0.4 is 10.1 Å². The van der Waals surface area contributed by atoms with Crippen LogP contribution >= 0.6 is 27.5 Å². The third-order valence-corrected chi connectivity index (χ3v) is 2.91. The molecule has 0 aliphatic heterocycles. The second kappa shape index (κ2) is 6.90. The predicted molar refractivity (Wildman–Crippen MR) is 75.7 cm³/mol. The predicted octanol–water partition coefficient (Wildman–Crippen LogP) is 3.40. The van der Waals surface area contributed by atoms with E-state index in [1.54, 1.807) is 0 Å². The Hall–Kier alpha value is -0.690. The van der Waals surface area contributed by atoms with Crippen LogP contribution in [-0.4, -0.2) is 19.2 Å². The number of hydrogen-bond donors (Lipinski definition) is 1. The van der Waals surface area contributed by atoms with Crippen molar-refractivity contribution >= 4 is 27.5 Å². The van der Waals surface area contributed by atoms with E-state index in [-0.39, 0.29) is 6.10 Å². The van der Waals surface area contributed by atoms with Gasteiger partial charge in [0.15, 0.2) is 0 Å². The monoisotopic (exact) mass is 315 g/mol. The van der Waals surface area contributed by atoms with Crippen molar-refractivity contribution in [3.05, 3.63) is 27.2 Å². The van der Waals surface area contributed by atoms with Crippen LogP contribution in [0.25, 0.3) is 0 Å². The molecule has 1 aromatic carbocycles. The molecule has 2 nitrogen and oxygen atoms in total. The molecule has 0 amide bonds. The first-order valence-electron chi connectivity index (χ1n) is 5.31. The second-order valence-corrected chi connectivity index (χ2v) is 5.12. The summed E-state index contributed by atoms with van der Waals surface area (Å²) in [5, 5.41) is 3.70. The van der Waals surface area contributed by atoms with Crippen molar-refractivity contribution in [2.24, 2.45) is 0 Å². The first-order chi connectivity index (χ1) is 8.04. The lowest BCUT2D eigenvalue weighted by Crippen LogP contribution is -2.29. The summed E-state index contributed by atoms with van der Waals surface area (Å²) in [4.78, 5) is 0. The lowest BCUT2D eigenvalue weighted by atomic mass is 10.2. The van der Waals surface area contributed by atoms with Crippen molar-refractivity contribution < 1.29 is 4.74 Å². The summed E-state index contributed by atoms with van der Waals surface area (Å²) in [5.41, 5.74) is 1.01. The average molecular weight is 317 g/mol. The summed E-state index contributed by atoms with van der Waals surface area (Å²) in [6, 6.07) is 3.80. The Morgan fingerprint density at radius 1 is 1.59 bits per heavy atom. The minimum Gasteiger partial charge on any atom is -0.488 e. The van der Waals surface area contributed by atoms with Crippen molar-refractivity contribution in [2.45, 2.75) is 20.0 Å². The Labute approximate surface area is 116 Å². The highest BCUT2D eigenvalue weighted by atomic mass is 79.9. The van der Waals surface area contributed by atoms with Gasteiger partial charge in [0.1, 0.15) is 11.9 Å². The van der Waals surface area contributed by atoms with Gasteiger partial charge >= 0.3 is 0 Å². The van der Waals surface area contributed by atoms with E-state index in [9.17, 15) is 0 Å². The van der Waals surface area contributed by atoms with Gasteiger partial charge in [-0.25, -0.2) is 0 Å². The number of hydrogen-bond acceptors (Lipinski definition) is 2. The van der Waals surface area contributed by atoms with Crippen molar-refractivity contribution in [1.29, 1.82) is 0 Å². The Balaban J connectivity index is 2.65. The maximum Gasteiger partial charge on any atom is 0.141 e. The Bertz CT molecular complexity index is 405. The van der Waals surface area contributed by atoms with Crippen LogP contribution in [0.4, 0.5) is 0 Å². The molecule has 0 heterocycles. The molecule has 1 N–H and O–H groups in total. The molecule has 92 valence electrons. The highest BCUT2D eigenvalue weighted by molar-refractivity contribution is 9.10. The van der Waals surface area contributed by atoms with E-state index >= 15 is 0 Å². The van der Waals surface area contributed by atoms with Gasteiger partial charge < -0.3 is 10.1 Å². The minimum absolute atomic E-state index is 0.0146. The summed E-state index contributed by atoms with van der Waals surface area (Å²) in [6.45, 7) is 5.17. The molecule has 1 unspecified atom stereocenters. The van der Waals surface area contributed by atoms with Gasteiger partial charge in [-0.3, -0.25) is 0 Å². The maximum atomic E-state index is 6.13. The smallest absolute Gasteiger partial charge is 0.141 e. The highest BCUT2D eigenvalue weighted by Gasteiger charge is 2.10. The normalized spacial score (nSPS) is 11.9. The van der Waals surface area contributed by atoms with E-state index < -0.39 is 0 Å². The van der Waals surface area contributed by atoms with Crippen LogP contribution in [0.2, 0.25) is 5.02 Å². The standard InChI is InChI=1S/C13H15BrClNO/c1-4-5-16-8-10(3)17-13-9(2)6-11(14)7-12(13)15/h1,6-7,10,16H,5,8H2,2-3H3. The van der Waals surface area contributed by atoms with Gasteiger partial charge in [-0.05, 0) is 31.5 Å². The van der Waals surface area contributed by atoms with E-state index in [2.05, 4.69) is 27.2 Å². The third kappa shape index (κ3) is 4.59. The molecular weight excluding hydrogens is 302 g/mol. The molecule has 0 saturated carbocycles. The summed E-state index contributed by atoms with van der Waals surface area (Å²) >= 11 is 9.52. The zero-order chi connectivity index (χ0) is 12.8. The maximum absolute atomic E-state index is 6.13. The topological polar surface area (TPSA) is 21.3 Å². The van der Waals surface area contributed by atoms with Gasteiger partial charge in [0, 0.05) is 11.0 Å². The molecule has 4 heteroatoms. The van der Waals surface area contributed by atoms with Gasteiger partial charge in [-0.1, -0.05) is 33.5 Å². The number of rotatable bonds is 5.